The number of likely N-dealkylation sites (N-methyl/N-ethyl adjacent to an activating group) is 1. The van der Waals surface area contributed by atoms with Gasteiger partial charge in [0, 0.05) is 35.4 Å². The lowest BCUT2D eigenvalue weighted by Crippen LogP contribution is -2.47. The molecular weight excluding hydrogens is 438 g/mol. The van der Waals surface area contributed by atoms with Crippen LogP contribution in [0.5, 0.6) is 5.75 Å². The molecule has 2 aromatic carbocycles. The zero-order valence-corrected chi connectivity index (χ0v) is 21.7. The lowest BCUT2D eigenvalue weighted by Gasteiger charge is -2.44. The third-order valence-electron chi connectivity index (χ3n) is 6.97. The summed E-state index contributed by atoms with van der Waals surface area (Å²) in [4.78, 5) is 6.24. The smallest absolute Gasteiger partial charge is 0.134 e. The van der Waals surface area contributed by atoms with Crippen molar-refractivity contribution in [2.24, 2.45) is 0 Å². The van der Waals surface area contributed by atoms with Crippen LogP contribution in [0.2, 0.25) is 0 Å². The number of ether oxygens (including phenoxy) is 1. The number of hydrogen-bond donors (Lipinski definition) is 1. The van der Waals surface area contributed by atoms with Crippen molar-refractivity contribution in [1.82, 2.24) is 15.1 Å². The molecule has 1 aliphatic heterocycles. The molecule has 1 atom stereocenters. The van der Waals surface area contributed by atoms with Crippen molar-refractivity contribution in [3.05, 3.63) is 88.1 Å². The first kappa shape index (κ1) is 24.9. The van der Waals surface area contributed by atoms with Gasteiger partial charge < -0.3 is 15.0 Å². The highest BCUT2D eigenvalue weighted by atomic mass is 32.1. The van der Waals surface area contributed by atoms with Crippen LogP contribution in [0.4, 0.5) is 0 Å². The molecule has 1 unspecified atom stereocenters. The van der Waals surface area contributed by atoms with Gasteiger partial charge in [-0.3, -0.25) is 4.90 Å². The first-order valence-electron chi connectivity index (χ1n) is 12.4. The topological polar surface area (TPSA) is 27.7 Å². The van der Waals surface area contributed by atoms with Crippen LogP contribution in [0, 0.1) is 0 Å². The highest BCUT2D eigenvalue weighted by molar-refractivity contribution is 7.10. The van der Waals surface area contributed by atoms with Crippen LogP contribution in [0.25, 0.3) is 0 Å². The maximum absolute atomic E-state index is 6.63. The lowest BCUT2D eigenvalue weighted by atomic mass is 9.72. The molecular formula is C29H39N3OS. The molecule has 4 nitrogen and oxygen atoms in total. The molecule has 2 heterocycles. The highest BCUT2D eigenvalue weighted by Gasteiger charge is 2.36. The molecule has 1 aromatic heterocycles. The van der Waals surface area contributed by atoms with Crippen molar-refractivity contribution in [1.29, 1.82) is 0 Å². The van der Waals surface area contributed by atoms with E-state index in [2.05, 4.69) is 101 Å². The number of nitrogens with one attached hydrogen (secondary N) is 1. The average Bonchev–Trinajstić information content (AvgIpc) is 3.39. The number of likely N-dealkylation sites (tertiary alicyclic amines) is 1. The Morgan fingerprint density at radius 3 is 2.41 bits per heavy atom. The molecule has 0 radical (unpaired) electrons. The van der Waals surface area contributed by atoms with E-state index in [-0.39, 0.29) is 11.5 Å². The SMILES string of the molecule is CNCCC(Oc1ccccc1CN1CCC(CN(C)C)(c2ccccc2)CC1)c1cccs1. The van der Waals surface area contributed by atoms with Crippen LogP contribution in [0.3, 0.4) is 0 Å². The molecule has 5 heteroatoms. The fourth-order valence-electron chi connectivity index (χ4n) is 5.23. The van der Waals surface area contributed by atoms with E-state index >= 15 is 0 Å². The van der Waals surface area contributed by atoms with Crippen LogP contribution >= 0.6 is 11.3 Å². The quantitative estimate of drug-likeness (QED) is 0.391. The minimum Gasteiger partial charge on any atom is -0.485 e. The summed E-state index contributed by atoms with van der Waals surface area (Å²) in [6.07, 6.45) is 3.40. The first-order chi connectivity index (χ1) is 16.6. The van der Waals surface area contributed by atoms with Crippen LogP contribution < -0.4 is 10.1 Å². The molecule has 0 amide bonds. The monoisotopic (exact) mass is 477 g/mol. The minimum atomic E-state index is 0.0841. The van der Waals surface area contributed by atoms with Gasteiger partial charge in [0.05, 0.1) is 0 Å². The molecule has 1 N–H and O–H groups in total. The molecule has 0 aliphatic carbocycles. The lowest BCUT2D eigenvalue weighted by molar-refractivity contribution is 0.126. The number of thiophene rings is 1. The molecule has 34 heavy (non-hydrogen) atoms. The number of piperidine rings is 1. The van der Waals surface area contributed by atoms with E-state index in [1.54, 1.807) is 11.3 Å². The number of rotatable bonds is 11. The Morgan fingerprint density at radius 1 is 1.00 bits per heavy atom. The molecule has 182 valence electrons. The Bertz CT molecular complexity index is 982. The van der Waals surface area contributed by atoms with Crippen molar-refractivity contribution < 1.29 is 4.74 Å². The van der Waals surface area contributed by atoms with Crippen molar-refractivity contribution >= 4 is 11.3 Å². The normalized spacial score (nSPS) is 17.1. The van der Waals surface area contributed by atoms with Gasteiger partial charge >= 0.3 is 0 Å². The average molecular weight is 478 g/mol. The fraction of sp³-hybridized carbons (Fsp3) is 0.448. The maximum Gasteiger partial charge on any atom is 0.134 e. The summed E-state index contributed by atoms with van der Waals surface area (Å²) in [6, 6.07) is 24.0. The third kappa shape index (κ3) is 6.28. The van der Waals surface area contributed by atoms with Crippen LogP contribution in [0.1, 0.15) is 41.4 Å². The molecule has 0 spiro atoms. The zero-order chi connectivity index (χ0) is 23.8. The number of benzene rings is 2. The molecule has 0 saturated carbocycles. The first-order valence-corrected chi connectivity index (χ1v) is 13.3. The van der Waals surface area contributed by atoms with E-state index in [0.717, 1.165) is 44.9 Å². The second kappa shape index (κ2) is 12.0. The van der Waals surface area contributed by atoms with Gasteiger partial charge in [0.2, 0.25) is 0 Å². The van der Waals surface area contributed by atoms with Crippen molar-refractivity contribution in [2.45, 2.75) is 37.3 Å². The highest BCUT2D eigenvalue weighted by Crippen LogP contribution is 2.37. The Kier molecular flexibility index (Phi) is 8.79. The summed E-state index contributed by atoms with van der Waals surface area (Å²) >= 11 is 1.78. The van der Waals surface area contributed by atoms with Crippen molar-refractivity contribution in [3.8, 4) is 5.75 Å². The molecule has 1 saturated heterocycles. The van der Waals surface area contributed by atoms with E-state index in [9.17, 15) is 0 Å². The second-order valence-corrected chi connectivity index (χ2v) is 10.8. The van der Waals surface area contributed by atoms with E-state index in [1.807, 2.05) is 7.05 Å². The summed E-state index contributed by atoms with van der Waals surface area (Å²) in [5, 5.41) is 5.41. The van der Waals surface area contributed by atoms with Crippen molar-refractivity contribution in [2.75, 3.05) is 47.3 Å². The number of nitrogens with zero attached hydrogens (tertiary/aromatic N) is 2. The summed E-state index contributed by atoms with van der Waals surface area (Å²) < 4.78 is 6.63. The zero-order valence-electron chi connectivity index (χ0n) is 20.9. The van der Waals surface area contributed by atoms with Crippen LogP contribution in [-0.2, 0) is 12.0 Å². The van der Waals surface area contributed by atoms with Crippen LogP contribution in [0.15, 0.2) is 72.1 Å². The summed E-state index contributed by atoms with van der Waals surface area (Å²) in [6.45, 7) is 5.17. The summed E-state index contributed by atoms with van der Waals surface area (Å²) in [7, 11) is 6.40. The van der Waals surface area contributed by atoms with Crippen molar-refractivity contribution in [3.63, 3.8) is 0 Å². The van der Waals surface area contributed by atoms with Gasteiger partial charge in [-0.2, -0.15) is 0 Å². The molecule has 1 aliphatic rings. The Balaban J connectivity index is 1.45. The summed E-state index contributed by atoms with van der Waals surface area (Å²) in [5.41, 5.74) is 3.00. The van der Waals surface area contributed by atoms with Gasteiger partial charge in [0.1, 0.15) is 11.9 Å². The minimum absolute atomic E-state index is 0.0841. The standard InChI is InChI=1S/C29H39N3OS/c1-30-18-15-27(28-14-9-21-34-28)33-26-13-8-7-10-24(26)22-32-19-16-29(17-20-32,23-31(2)3)25-11-5-4-6-12-25/h4-14,21,27,30H,15-20,22-23H2,1-3H3. The molecule has 0 bridgehead atoms. The van der Waals surface area contributed by atoms with E-state index in [1.165, 1.54) is 28.8 Å². The summed E-state index contributed by atoms with van der Waals surface area (Å²) in [5.74, 6) is 1.02. The maximum atomic E-state index is 6.63. The van der Waals surface area contributed by atoms with Gasteiger partial charge in [-0.25, -0.2) is 0 Å². The Labute approximate surface area is 209 Å². The fourth-order valence-corrected chi connectivity index (χ4v) is 6.02. The Hall–Kier alpha value is -2.18. The largest absolute Gasteiger partial charge is 0.485 e. The van der Waals surface area contributed by atoms with E-state index in [0.29, 0.717) is 0 Å². The van der Waals surface area contributed by atoms with Gasteiger partial charge in [-0.1, -0.05) is 54.6 Å². The predicted octanol–water partition coefficient (Wildman–Crippen LogP) is 5.57. The van der Waals surface area contributed by atoms with Crippen LogP contribution in [-0.4, -0.2) is 57.1 Å². The van der Waals surface area contributed by atoms with Gasteiger partial charge in [0.15, 0.2) is 0 Å². The molecule has 1 fully saturated rings. The predicted molar refractivity (Wildman–Crippen MR) is 144 cm³/mol. The van der Waals surface area contributed by atoms with E-state index in [4.69, 9.17) is 4.74 Å². The second-order valence-electron chi connectivity index (χ2n) is 9.78. The third-order valence-corrected chi connectivity index (χ3v) is 7.94. The number of hydrogen-bond acceptors (Lipinski definition) is 5. The van der Waals surface area contributed by atoms with Gasteiger partial charge in [-0.05, 0) is 76.7 Å². The van der Waals surface area contributed by atoms with Gasteiger partial charge in [-0.15, -0.1) is 11.3 Å². The Morgan fingerprint density at radius 2 is 1.74 bits per heavy atom. The van der Waals surface area contributed by atoms with E-state index < -0.39 is 0 Å². The number of para-hydroxylation sites is 1. The molecule has 4 rings (SSSR count). The van der Waals surface area contributed by atoms with Gasteiger partial charge in [0.25, 0.3) is 0 Å². The molecule has 3 aromatic rings.